The van der Waals surface area contributed by atoms with Crippen molar-refractivity contribution in [2.45, 2.75) is 31.2 Å². The van der Waals surface area contributed by atoms with E-state index in [9.17, 15) is 18.5 Å². The summed E-state index contributed by atoms with van der Waals surface area (Å²) in [6.07, 6.45) is 0.884. The largest absolute Gasteiger partial charge is 0.381 e. The molecule has 0 radical (unpaired) electrons. The molecule has 9 nitrogen and oxygen atoms in total. The number of benzene rings is 1. The molecule has 2 aliphatic heterocycles. The molecule has 1 aromatic rings. The van der Waals surface area contributed by atoms with Gasteiger partial charge in [-0.25, -0.2) is 13.1 Å². The molecule has 0 amide bonds. The van der Waals surface area contributed by atoms with Crippen molar-refractivity contribution < 1.29 is 22.8 Å². The quantitative estimate of drug-likeness (QED) is 0.545. The lowest BCUT2D eigenvalue weighted by atomic mass is 10.1. The molecular weight excluding hydrogens is 398 g/mol. The summed E-state index contributed by atoms with van der Waals surface area (Å²) in [4.78, 5) is 13.2. The van der Waals surface area contributed by atoms with E-state index in [1.165, 1.54) is 12.1 Å². The molecule has 0 bridgehead atoms. The highest BCUT2D eigenvalue weighted by Gasteiger charge is 2.55. The van der Waals surface area contributed by atoms with Crippen LogP contribution in [0, 0.1) is 34.8 Å². The molecule has 4 rings (SSSR count). The molecule has 1 saturated carbocycles. The average Bonchev–Trinajstić information content (AvgIpc) is 3.16. The lowest BCUT2D eigenvalue weighted by Crippen LogP contribution is -2.32. The van der Waals surface area contributed by atoms with Crippen molar-refractivity contribution in [2.24, 2.45) is 17.8 Å². The van der Waals surface area contributed by atoms with Crippen LogP contribution in [0.3, 0.4) is 0 Å². The number of hydrogen-bond donors (Lipinski definition) is 1. The van der Waals surface area contributed by atoms with E-state index in [0.29, 0.717) is 50.8 Å². The summed E-state index contributed by atoms with van der Waals surface area (Å²) in [6.45, 7) is 6.94. The van der Waals surface area contributed by atoms with Crippen LogP contribution in [-0.4, -0.2) is 58.9 Å². The van der Waals surface area contributed by atoms with Gasteiger partial charge in [0.05, 0.1) is 36.2 Å². The third-order valence-electron chi connectivity index (χ3n) is 6.26. The first-order chi connectivity index (χ1) is 13.8. The molecular formula is C19H27N3O6S. The Morgan fingerprint density at radius 3 is 2.62 bits per heavy atom. The Hall–Kier alpha value is -1.75. The van der Waals surface area contributed by atoms with Crippen molar-refractivity contribution in [1.82, 2.24) is 4.72 Å². The minimum atomic E-state index is -3.79. The summed E-state index contributed by atoms with van der Waals surface area (Å²) in [5, 5.41) is 11.7. The molecule has 3 aliphatic rings. The van der Waals surface area contributed by atoms with Gasteiger partial charge in [0.1, 0.15) is 5.69 Å². The van der Waals surface area contributed by atoms with Gasteiger partial charge in [-0.15, -0.1) is 0 Å². The fourth-order valence-electron chi connectivity index (χ4n) is 4.35. The predicted molar refractivity (Wildman–Crippen MR) is 107 cm³/mol. The molecule has 3 fully saturated rings. The number of nitrogens with zero attached hydrogens (tertiary/aromatic N) is 2. The Morgan fingerprint density at radius 1 is 1.24 bits per heavy atom. The second-order valence-electron chi connectivity index (χ2n) is 8.17. The van der Waals surface area contributed by atoms with E-state index in [2.05, 4.69) is 11.6 Å². The molecule has 4 atom stereocenters. The van der Waals surface area contributed by atoms with Crippen LogP contribution >= 0.6 is 0 Å². The average molecular weight is 426 g/mol. The number of fused-ring (bicyclic) bond motifs is 1. The fourth-order valence-corrected chi connectivity index (χ4v) is 5.94. The lowest BCUT2D eigenvalue weighted by Gasteiger charge is -2.25. The van der Waals surface area contributed by atoms with E-state index in [1.54, 1.807) is 6.92 Å². The second-order valence-corrected chi connectivity index (χ2v) is 9.85. The minimum absolute atomic E-state index is 0.0742. The van der Waals surface area contributed by atoms with Gasteiger partial charge in [0, 0.05) is 37.0 Å². The Morgan fingerprint density at radius 2 is 1.97 bits per heavy atom. The van der Waals surface area contributed by atoms with Gasteiger partial charge < -0.3 is 14.4 Å². The number of nitro benzene ring substituents is 1. The maximum atomic E-state index is 13.1. The summed E-state index contributed by atoms with van der Waals surface area (Å²) in [6, 6.07) is 2.72. The zero-order valence-corrected chi connectivity index (χ0v) is 17.5. The molecule has 29 heavy (non-hydrogen) atoms. The first-order valence-corrected chi connectivity index (χ1v) is 11.5. The van der Waals surface area contributed by atoms with Gasteiger partial charge >= 0.3 is 0 Å². The van der Waals surface area contributed by atoms with E-state index in [0.717, 1.165) is 6.42 Å². The number of nitro groups is 1. The Balaban J connectivity index is 1.68. The van der Waals surface area contributed by atoms with Crippen molar-refractivity contribution in [2.75, 3.05) is 44.4 Å². The maximum Gasteiger partial charge on any atom is 0.292 e. The smallest absolute Gasteiger partial charge is 0.292 e. The molecule has 1 aromatic carbocycles. The summed E-state index contributed by atoms with van der Waals surface area (Å²) >= 11 is 0. The molecule has 0 spiro atoms. The first kappa shape index (κ1) is 20.5. The van der Waals surface area contributed by atoms with Crippen molar-refractivity contribution in [3.05, 3.63) is 27.8 Å². The minimum Gasteiger partial charge on any atom is -0.381 e. The van der Waals surface area contributed by atoms with Crippen molar-refractivity contribution in [1.29, 1.82) is 0 Å². The number of rotatable bonds is 6. The van der Waals surface area contributed by atoms with Crippen molar-refractivity contribution >= 4 is 21.4 Å². The Labute approximate surface area is 170 Å². The van der Waals surface area contributed by atoms with E-state index >= 15 is 0 Å². The number of hydrogen-bond acceptors (Lipinski definition) is 7. The van der Waals surface area contributed by atoms with Crippen LogP contribution in [0.2, 0.25) is 0 Å². The van der Waals surface area contributed by atoms with Crippen LogP contribution in [-0.2, 0) is 19.5 Å². The van der Waals surface area contributed by atoms with E-state index in [1.807, 2.05) is 4.90 Å². The zero-order chi connectivity index (χ0) is 20.8. The number of sulfonamides is 1. The standard InChI is InChI=1S/C19H27N3O6S/c1-3-13-8-21(4-5-27-9-13)16-7-18(12(2)6-17(16)22(23)24)29(25,26)20-19-14-10-28-11-15(14)19/h6-7,13-15,19-20H,3-5,8-11H2,1-2H3/t13?,14-,15+,19?. The van der Waals surface area contributed by atoms with Crippen LogP contribution in [0.1, 0.15) is 18.9 Å². The van der Waals surface area contributed by atoms with Gasteiger partial charge in [-0.2, -0.15) is 0 Å². The number of anilines is 1. The third kappa shape index (κ3) is 3.98. The monoisotopic (exact) mass is 425 g/mol. The van der Waals surface area contributed by atoms with Gasteiger partial charge in [0.2, 0.25) is 10.0 Å². The van der Waals surface area contributed by atoms with Gasteiger partial charge in [0.15, 0.2) is 0 Å². The third-order valence-corrected chi connectivity index (χ3v) is 7.86. The molecule has 2 heterocycles. The lowest BCUT2D eigenvalue weighted by molar-refractivity contribution is -0.384. The highest BCUT2D eigenvalue weighted by Crippen LogP contribution is 2.45. The van der Waals surface area contributed by atoms with E-state index < -0.39 is 14.9 Å². The van der Waals surface area contributed by atoms with Crippen LogP contribution in [0.4, 0.5) is 11.4 Å². The molecule has 1 aliphatic carbocycles. The Kier molecular flexibility index (Phi) is 5.54. The highest BCUT2D eigenvalue weighted by atomic mass is 32.2. The molecule has 10 heteroatoms. The van der Waals surface area contributed by atoms with Gasteiger partial charge in [-0.1, -0.05) is 6.92 Å². The number of ether oxygens (including phenoxy) is 2. The topological polar surface area (TPSA) is 111 Å². The molecule has 2 saturated heterocycles. The fraction of sp³-hybridized carbons (Fsp3) is 0.684. The number of nitrogens with one attached hydrogen (secondary N) is 1. The van der Waals surface area contributed by atoms with Crippen molar-refractivity contribution in [3.63, 3.8) is 0 Å². The zero-order valence-electron chi connectivity index (χ0n) is 16.7. The summed E-state index contributed by atoms with van der Waals surface area (Å²) in [7, 11) is -3.79. The van der Waals surface area contributed by atoms with E-state index in [4.69, 9.17) is 9.47 Å². The molecule has 1 N–H and O–H groups in total. The SMILES string of the molecule is CCC1COCCN(c2cc(S(=O)(=O)NC3[C@H]4COC[C@@H]34)c(C)cc2[N+](=O)[O-])C1. The molecule has 0 aromatic heterocycles. The summed E-state index contributed by atoms with van der Waals surface area (Å²) in [5.41, 5.74) is 0.632. The van der Waals surface area contributed by atoms with Gasteiger partial charge in [0.25, 0.3) is 5.69 Å². The summed E-state index contributed by atoms with van der Waals surface area (Å²) < 4.78 is 39.9. The predicted octanol–water partition coefficient (Wildman–Crippen LogP) is 1.69. The van der Waals surface area contributed by atoms with Crippen LogP contribution in [0.5, 0.6) is 0 Å². The van der Waals surface area contributed by atoms with Crippen LogP contribution in [0.15, 0.2) is 17.0 Å². The highest BCUT2D eigenvalue weighted by molar-refractivity contribution is 7.89. The summed E-state index contributed by atoms with van der Waals surface area (Å²) in [5.74, 6) is 0.703. The normalized spacial score (nSPS) is 29.4. The number of aryl methyl sites for hydroxylation is 1. The first-order valence-electron chi connectivity index (χ1n) is 10.0. The maximum absolute atomic E-state index is 13.1. The van der Waals surface area contributed by atoms with Crippen molar-refractivity contribution in [3.8, 4) is 0 Å². The van der Waals surface area contributed by atoms with Gasteiger partial charge in [-0.05, 0) is 30.9 Å². The van der Waals surface area contributed by atoms with Crippen LogP contribution < -0.4 is 9.62 Å². The molecule has 160 valence electrons. The second kappa shape index (κ2) is 7.82. The molecule has 2 unspecified atom stereocenters. The Bertz CT molecular complexity index is 895. The van der Waals surface area contributed by atoms with Gasteiger partial charge in [-0.3, -0.25) is 10.1 Å². The van der Waals surface area contributed by atoms with Crippen LogP contribution in [0.25, 0.3) is 0 Å². The van der Waals surface area contributed by atoms with E-state index in [-0.39, 0.29) is 34.4 Å².